The first-order chi connectivity index (χ1) is 10.5. The first-order valence-electron chi connectivity index (χ1n) is 3.50. The number of hydrazine groups is 2. The van der Waals surface area contributed by atoms with Crippen LogP contribution in [0, 0.1) is 86.4 Å². The van der Waals surface area contributed by atoms with Crippen molar-refractivity contribution < 1.29 is 52.8 Å². The summed E-state index contributed by atoms with van der Waals surface area (Å²) in [6, 6.07) is 0. The van der Waals surface area contributed by atoms with E-state index in [1.54, 1.807) is 0 Å². The Kier molecular flexibility index (Phi) is 36.8. The van der Waals surface area contributed by atoms with Gasteiger partial charge in [-0.15, -0.1) is 0 Å². The molecule has 24 nitrogen and oxygen atoms in total. The van der Waals surface area contributed by atoms with Crippen LogP contribution in [0.4, 0.5) is 0 Å². The van der Waals surface area contributed by atoms with Crippen molar-refractivity contribution in [3.8, 4) is 0 Å². The van der Waals surface area contributed by atoms with Crippen LogP contribution in [-0.2, 0) is 17.4 Å². The van der Waals surface area contributed by atoms with Crippen LogP contribution in [0.1, 0.15) is 0 Å². The Morgan fingerprint density at radius 2 is 0.360 bits per heavy atom. The molecule has 0 unspecified atom stereocenters. The monoisotopic (exact) mass is 422 g/mol. The molecule has 143 valence electrons. The Morgan fingerprint density at radius 1 is 0.320 bits per heavy atom. The maximum absolute atomic E-state index is 8.81. The fourth-order valence-electron chi connectivity index (χ4n) is 0. The molecule has 0 saturated carbocycles. The van der Waals surface area contributed by atoms with Crippen LogP contribution in [0.25, 0.3) is 0 Å². The largest absolute Gasteiger partial charge is 3.00 e. The third-order valence-corrected chi connectivity index (χ3v) is 0.267. The quantitative estimate of drug-likeness (QED) is 0.349. The van der Waals surface area contributed by atoms with Gasteiger partial charge in [-0.1, -0.05) is 0 Å². The molecule has 0 atom stereocenters. The average molecular weight is 422 g/mol. The van der Waals surface area contributed by atoms with E-state index in [0.29, 0.717) is 0 Å². The van der Waals surface area contributed by atoms with E-state index in [0.717, 1.165) is 0 Å². The molecule has 0 aromatic rings. The van der Waals surface area contributed by atoms with Crippen LogP contribution in [0.5, 0.6) is 0 Å². The Balaban J connectivity index is -0.0000000454. The smallest absolute Gasteiger partial charge is 0.356 e. The van der Waals surface area contributed by atoms with Crippen LogP contribution in [-0.4, -0.2) is 35.4 Å². The fraction of sp³-hybridized carbons (Fsp3) is 0. The molecule has 25 heavy (non-hydrogen) atoms. The normalized spacial score (nSPS) is 6.40. The van der Waals surface area contributed by atoms with E-state index in [9.17, 15) is 0 Å². The van der Waals surface area contributed by atoms with Gasteiger partial charge in [0.2, 0.25) is 0 Å². The molecule has 0 N–H and O–H groups in total. The molecule has 25 heteroatoms. The molecule has 0 spiro atoms. The second kappa shape index (κ2) is 24.7. The van der Waals surface area contributed by atoms with Crippen molar-refractivity contribution in [2.24, 2.45) is 0 Å². The molecule has 0 saturated heterocycles. The molecular weight excluding hydrogens is 422 g/mol. The molecule has 1 radical (unpaired) electrons. The van der Waals surface area contributed by atoms with Crippen molar-refractivity contribution in [3.63, 3.8) is 0 Å². The van der Waals surface area contributed by atoms with Crippen molar-refractivity contribution in [1.29, 1.82) is 0 Å². The first-order valence-corrected chi connectivity index (χ1v) is 3.50. The van der Waals surface area contributed by atoms with Gasteiger partial charge in [-0.25, -0.2) is 0 Å². The SMILES string of the molecule is O=[N+]([O-])[N+](=O)[O-].O=[N+]([O-])[N+](=O)[O-].O=[N+]([O-])[O-].O=[N+]([O-])[O-].O=[N+]([O-])[O-].[Cr+3]. The Morgan fingerprint density at radius 3 is 0.360 bits per heavy atom. The van der Waals surface area contributed by atoms with E-state index in [4.69, 9.17) is 86.4 Å². The summed E-state index contributed by atoms with van der Waals surface area (Å²) in [4.78, 5) is 60.0. The maximum Gasteiger partial charge on any atom is 3.00 e. The van der Waals surface area contributed by atoms with Gasteiger partial charge in [-0.3, -0.25) is 0 Å². The minimum Gasteiger partial charge on any atom is -0.356 e. The number of nitrogens with zero attached hydrogens (tertiary/aromatic N) is 7. The summed E-state index contributed by atoms with van der Waals surface area (Å²) in [6.45, 7) is 0. The summed E-state index contributed by atoms with van der Waals surface area (Å²) in [7, 11) is 0. The van der Waals surface area contributed by atoms with Gasteiger partial charge in [0.05, 0.1) is 15.3 Å². The summed E-state index contributed by atoms with van der Waals surface area (Å²) in [5.41, 5.74) is 0. The van der Waals surface area contributed by atoms with Crippen LogP contribution in [0.2, 0.25) is 0 Å². The topological polar surface area (TPSA) is 371 Å². The van der Waals surface area contributed by atoms with Crippen molar-refractivity contribution in [2.45, 2.75) is 0 Å². The maximum atomic E-state index is 8.81. The van der Waals surface area contributed by atoms with E-state index < -0.39 is 35.4 Å². The van der Waals surface area contributed by atoms with Gasteiger partial charge < -0.3 is 46.0 Å². The Hall–Kier alpha value is -4.27. The number of hydrogen-bond donors (Lipinski definition) is 0. The molecule has 0 aromatic heterocycles. The molecule has 0 amide bonds. The second-order valence-electron chi connectivity index (χ2n) is 1.62. The van der Waals surface area contributed by atoms with Crippen LogP contribution >= 0.6 is 0 Å². The van der Waals surface area contributed by atoms with E-state index in [-0.39, 0.29) is 17.4 Å². The summed E-state index contributed by atoms with van der Waals surface area (Å²) < 4.78 is 0. The molecule has 0 aliphatic carbocycles. The van der Waals surface area contributed by atoms with Crippen molar-refractivity contribution in [2.75, 3.05) is 0 Å². The van der Waals surface area contributed by atoms with E-state index in [2.05, 4.69) is 0 Å². The van der Waals surface area contributed by atoms with Crippen LogP contribution in [0.15, 0.2) is 0 Å². The third-order valence-electron chi connectivity index (χ3n) is 0.267. The van der Waals surface area contributed by atoms with Crippen LogP contribution in [0.3, 0.4) is 0 Å². The average Bonchev–Trinajstić information content (AvgIpc) is 2.26. The molecule has 0 fully saturated rings. The zero-order valence-electron chi connectivity index (χ0n) is 10.5. The van der Waals surface area contributed by atoms with Gasteiger partial charge >= 0.3 is 37.5 Å². The molecule has 0 aliphatic rings. The molecule has 0 aliphatic heterocycles. The molecule has 0 bridgehead atoms. The summed E-state index contributed by atoms with van der Waals surface area (Å²) >= 11 is 0. The zero-order valence-corrected chi connectivity index (χ0v) is 11.8. The fourth-order valence-corrected chi connectivity index (χ4v) is 0. The third kappa shape index (κ3) is 445. The number of nitro groups is 2. The minimum absolute atomic E-state index is 0. The molecular formula is CrN7O17. The van der Waals surface area contributed by atoms with Crippen molar-refractivity contribution in [3.05, 3.63) is 86.4 Å². The van der Waals surface area contributed by atoms with E-state index >= 15 is 0 Å². The number of rotatable bonds is 2. The van der Waals surface area contributed by atoms with Gasteiger partial charge in [-0.2, -0.15) is 40.5 Å². The molecule has 0 aromatic carbocycles. The van der Waals surface area contributed by atoms with Gasteiger partial charge in [0, 0.05) is 0 Å². The van der Waals surface area contributed by atoms with Crippen molar-refractivity contribution >= 4 is 0 Å². The summed E-state index contributed by atoms with van der Waals surface area (Å²) in [5.74, 6) is 0. The number of hydrogen-bond acceptors (Lipinski definition) is 17. The van der Waals surface area contributed by atoms with Gasteiger partial charge in [0.25, 0.3) is 0 Å². The van der Waals surface area contributed by atoms with Crippen LogP contribution < -0.4 is 0 Å². The van der Waals surface area contributed by atoms with E-state index in [1.165, 1.54) is 0 Å². The Labute approximate surface area is 140 Å². The van der Waals surface area contributed by atoms with Gasteiger partial charge in [0.15, 0.2) is 0 Å². The predicted molar refractivity (Wildman–Crippen MR) is 59.1 cm³/mol. The molecule has 0 rings (SSSR count). The van der Waals surface area contributed by atoms with Crippen molar-refractivity contribution in [1.82, 2.24) is 0 Å². The predicted octanol–water partition coefficient (Wildman–Crippen LogP) is -1.81. The van der Waals surface area contributed by atoms with E-state index in [1.807, 2.05) is 0 Å². The van der Waals surface area contributed by atoms with Gasteiger partial charge in [-0.05, 0) is 0 Å². The Bertz CT molecular complexity index is 363. The van der Waals surface area contributed by atoms with Gasteiger partial charge in [0.1, 0.15) is 0 Å². The summed E-state index contributed by atoms with van der Waals surface area (Å²) in [5, 5.41) is 73.0. The summed E-state index contributed by atoms with van der Waals surface area (Å²) in [6.07, 6.45) is 0. The minimum atomic E-state index is -1.75. The standard InChI is InChI=1S/Cr.2N2O4.3NO3/c;2*3-1(4)2(5)6;3*2-1(3)4/q+3;;;3*-1. The first kappa shape index (κ1) is 37.2. The zero-order chi connectivity index (χ0) is 21.0. The second-order valence-corrected chi connectivity index (χ2v) is 1.62. The molecule has 0 heterocycles.